The van der Waals surface area contributed by atoms with Crippen LogP contribution in [-0.2, 0) is 14.8 Å². The number of hydrogen-bond acceptors (Lipinski definition) is 4. The number of para-hydroxylation sites is 1. The zero-order valence-electron chi connectivity index (χ0n) is 14.8. The highest BCUT2D eigenvalue weighted by Crippen LogP contribution is 2.27. The van der Waals surface area contributed by atoms with Crippen LogP contribution < -0.4 is 14.4 Å². The predicted octanol–water partition coefficient (Wildman–Crippen LogP) is 2.48. The van der Waals surface area contributed by atoms with Crippen LogP contribution in [0, 0.1) is 6.92 Å². The molecular weight excluding hydrogens is 352 g/mol. The number of carbonyl (C=O) groups is 1. The van der Waals surface area contributed by atoms with Crippen molar-refractivity contribution in [2.75, 3.05) is 18.0 Å². The Labute approximate surface area is 153 Å². The first-order valence-corrected chi connectivity index (χ1v) is 9.87. The lowest BCUT2D eigenvalue weighted by Gasteiger charge is -2.24. The van der Waals surface area contributed by atoms with Gasteiger partial charge in [0.25, 0.3) is 10.0 Å². The minimum atomic E-state index is -3.90. The van der Waals surface area contributed by atoms with E-state index in [1.165, 1.54) is 13.2 Å². The Kier molecular flexibility index (Phi) is 5.18. The third-order valence-electron chi connectivity index (χ3n) is 4.23. The van der Waals surface area contributed by atoms with E-state index in [-0.39, 0.29) is 23.4 Å². The Hall–Kier alpha value is -2.54. The average molecular weight is 374 g/mol. The average Bonchev–Trinajstić information content (AvgIpc) is 3.44. The molecule has 0 saturated heterocycles. The van der Waals surface area contributed by atoms with Gasteiger partial charge in [0.1, 0.15) is 12.3 Å². The zero-order chi connectivity index (χ0) is 18.7. The van der Waals surface area contributed by atoms with Crippen LogP contribution in [0.3, 0.4) is 0 Å². The van der Waals surface area contributed by atoms with Gasteiger partial charge in [0.2, 0.25) is 5.91 Å². The lowest BCUT2D eigenvalue weighted by Crippen LogP contribution is -2.41. The maximum atomic E-state index is 13.2. The second kappa shape index (κ2) is 7.37. The number of nitrogens with one attached hydrogen (secondary N) is 1. The van der Waals surface area contributed by atoms with Gasteiger partial charge in [-0.3, -0.25) is 9.10 Å². The number of benzene rings is 2. The molecule has 1 aliphatic carbocycles. The molecule has 1 fully saturated rings. The largest absolute Gasteiger partial charge is 0.496 e. The van der Waals surface area contributed by atoms with Crippen molar-refractivity contribution in [1.82, 2.24) is 5.32 Å². The fourth-order valence-corrected chi connectivity index (χ4v) is 4.19. The van der Waals surface area contributed by atoms with Gasteiger partial charge < -0.3 is 10.1 Å². The minimum absolute atomic E-state index is 0.124. The number of rotatable bonds is 7. The van der Waals surface area contributed by atoms with E-state index in [0.29, 0.717) is 17.0 Å². The van der Waals surface area contributed by atoms with Gasteiger partial charge in [0.05, 0.1) is 17.7 Å². The maximum absolute atomic E-state index is 13.2. The van der Waals surface area contributed by atoms with Gasteiger partial charge in [-0.1, -0.05) is 18.2 Å². The van der Waals surface area contributed by atoms with Crippen molar-refractivity contribution < 1.29 is 17.9 Å². The van der Waals surface area contributed by atoms with E-state index in [1.807, 2.05) is 0 Å². The number of ether oxygens (including phenoxy) is 1. The van der Waals surface area contributed by atoms with Crippen molar-refractivity contribution in [2.24, 2.45) is 0 Å². The molecule has 6 nitrogen and oxygen atoms in total. The molecule has 1 N–H and O–H groups in total. The second-order valence-corrected chi connectivity index (χ2v) is 8.18. The number of hydrogen-bond donors (Lipinski definition) is 1. The molecule has 1 saturated carbocycles. The fraction of sp³-hybridized carbons (Fsp3) is 0.316. The van der Waals surface area contributed by atoms with E-state index < -0.39 is 10.0 Å². The van der Waals surface area contributed by atoms with Crippen LogP contribution in [0.2, 0.25) is 0 Å². The van der Waals surface area contributed by atoms with Crippen molar-refractivity contribution in [3.63, 3.8) is 0 Å². The molecule has 0 radical (unpaired) electrons. The molecule has 0 unspecified atom stereocenters. The van der Waals surface area contributed by atoms with E-state index in [4.69, 9.17) is 4.74 Å². The lowest BCUT2D eigenvalue weighted by molar-refractivity contribution is -0.119. The minimum Gasteiger partial charge on any atom is -0.496 e. The number of aryl methyl sites for hydroxylation is 1. The molecule has 1 aliphatic rings. The van der Waals surface area contributed by atoms with Crippen LogP contribution in [-0.4, -0.2) is 34.0 Å². The molecule has 0 aromatic heterocycles. The first-order chi connectivity index (χ1) is 12.4. The van der Waals surface area contributed by atoms with E-state index in [0.717, 1.165) is 17.1 Å². The standard InChI is InChI=1S/C19H22N2O4S/c1-14-12-17(10-11-18(14)25-2)26(23,24)21(16-6-4-3-5-7-16)13-19(22)20-15-8-9-15/h3-7,10-12,15H,8-9,13H2,1-2H3,(H,20,22). The summed E-state index contributed by atoms with van der Waals surface area (Å²) in [5.41, 5.74) is 1.16. The van der Waals surface area contributed by atoms with Crippen LogP contribution in [0.15, 0.2) is 53.4 Å². The normalized spacial score (nSPS) is 13.9. The number of amides is 1. The van der Waals surface area contributed by atoms with Gasteiger partial charge in [0, 0.05) is 6.04 Å². The number of anilines is 1. The summed E-state index contributed by atoms with van der Waals surface area (Å²) in [7, 11) is -2.36. The van der Waals surface area contributed by atoms with Crippen LogP contribution in [0.25, 0.3) is 0 Å². The summed E-state index contributed by atoms with van der Waals surface area (Å²) in [5, 5.41) is 2.84. The summed E-state index contributed by atoms with van der Waals surface area (Å²) in [6.07, 6.45) is 1.89. The molecule has 2 aromatic rings. The van der Waals surface area contributed by atoms with Gasteiger partial charge in [-0.05, 0) is 55.7 Å². The third kappa shape index (κ3) is 3.99. The molecule has 0 heterocycles. The van der Waals surface area contributed by atoms with Gasteiger partial charge >= 0.3 is 0 Å². The molecule has 0 atom stereocenters. The van der Waals surface area contributed by atoms with E-state index >= 15 is 0 Å². The Morgan fingerprint density at radius 1 is 1.19 bits per heavy atom. The molecular formula is C19H22N2O4S. The Balaban J connectivity index is 1.96. The topological polar surface area (TPSA) is 75.7 Å². The van der Waals surface area contributed by atoms with Crippen LogP contribution in [0.5, 0.6) is 5.75 Å². The lowest BCUT2D eigenvalue weighted by atomic mass is 10.2. The summed E-state index contributed by atoms with van der Waals surface area (Å²) in [6, 6.07) is 13.5. The van der Waals surface area contributed by atoms with Crippen molar-refractivity contribution >= 4 is 21.6 Å². The summed E-state index contributed by atoms with van der Waals surface area (Å²) in [4.78, 5) is 12.4. The first-order valence-electron chi connectivity index (χ1n) is 8.43. The zero-order valence-corrected chi connectivity index (χ0v) is 15.6. The number of sulfonamides is 1. The van der Waals surface area contributed by atoms with Gasteiger partial charge in [0.15, 0.2) is 0 Å². The summed E-state index contributed by atoms with van der Waals surface area (Å²) in [6.45, 7) is 1.53. The molecule has 3 rings (SSSR count). The molecule has 0 spiro atoms. The molecule has 0 bridgehead atoms. The van der Waals surface area contributed by atoms with Crippen LogP contribution in [0.4, 0.5) is 5.69 Å². The highest BCUT2D eigenvalue weighted by molar-refractivity contribution is 7.92. The molecule has 138 valence electrons. The van der Waals surface area contributed by atoms with Crippen molar-refractivity contribution in [3.05, 3.63) is 54.1 Å². The van der Waals surface area contributed by atoms with E-state index in [2.05, 4.69) is 5.32 Å². The Bertz CT molecular complexity index is 893. The maximum Gasteiger partial charge on any atom is 0.264 e. The molecule has 1 amide bonds. The highest BCUT2D eigenvalue weighted by atomic mass is 32.2. The predicted molar refractivity (Wildman–Crippen MR) is 99.9 cm³/mol. The van der Waals surface area contributed by atoms with E-state index in [9.17, 15) is 13.2 Å². The Morgan fingerprint density at radius 3 is 2.46 bits per heavy atom. The third-order valence-corrected chi connectivity index (χ3v) is 6.00. The SMILES string of the molecule is COc1ccc(S(=O)(=O)N(CC(=O)NC2CC2)c2ccccc2)cc1C. The molecule has 0 aliphatic heterocycles. The molecule has 7 heteroatoms. The number of carbonyl (C=O) groups excluding carboxylic acids is 1. The van der Waals surface area contributed by atoms with Gasteiger partial charge in [-0.25, -0.2) is 8.42 Å². The summed E-state index contributed by atoms with van der Waals surface area (Å²) >= 11 is 0. The summed E-state index contributed by atoms with van der Waals surface area (Å²) < 4.78 is 32.8. The highest BCUT2D eigenvalue weighted by Gasteiger charge is 2.30. The molecule has 2 aromatic carbocycles. The monoisotopic (exact) mass is 374 g/mol. The molecule has 26 heavy (non-hydrogen) atoms. The Morgan fingerprint density at radius 2 is 1.88 bits per heavy atom. The number of methoxy groups -OCH3 is 1. The van der Waals surface area contributed by atoms with Gasteiger partial charge in [-0.2, -0.15) is 0 Å². The first kappa shape index (κ1) is 18.3. The van der Waals surface area contributed by atoms with Crippen molar-refractivity contribution in [2.45, 2.75) is 30.7 Å². The van der Waals surface area contributed by atoms with Gasteiger partial charge in [-0.15, -0.1) is 0 Å². The van der Waals surface area contributed by atoms with Crippen LogP contribution >= 0.6 is 0 Å². The summed E-state index contributed by atoms with van der Waals surface area (Å²) in [5.74, 6) is 0.312. The number of nitrogens with zero attached hydrogens (tertiary/aromatic N) is 1. The quantitative estimate of drug-likeness (QED) is 0.808. The van der Waals surface area contributed by atoms with Crippen molar-refractivity contribution in [3.8, 4) is 5.75 Å². The smallest absolute Gasteiger partial charge is 0.264 e. The van der Waals surface area contributed by atoms with Crippen LogP contribution in [0.1, 0.15) is 18.4 Å². The second-order valence-electron chi connectivity index (χ2n) is 6.32. The van der Waals surface area contributed by atoms with Crippen molar-refractivity contribution in [1.29, 1.82) is 0 Å². The fourth-order valence-electron chi connectivity index (χ4n) is 2.68. The van der Waals surface area contributed by atoms with E-state index in [1.54, 1.807) is 49.4 Å².